The van der Waals surface area contributed by atoms with E-state index in [1.54, 1.807) is 7.11 Å². The van der Waals surface area contributed by atoms with Gasteiger partial charge in [0.1, 0.15) is 5.82 Å². The number of amides is 1. The fraction of sp³-hybridized carbons (Fsp3) is 0.500. The number of hydrogen-bond acceptors (Lipinski definition) is 3. The van der Waals surface area contributed by atoms with Crippen molar-refractivity contribution in [1.29, 1.82) is 0 Å². The molecule has 0 atom stereocenters. The minimum Gasteiger partial charge on any atom is -0.379 e. The number of ether oxygens (including phenoxy) is 1. The molecule has 0 fully saturated rings. The molecule has 5 heteroatoms. The number of hydrogen-bond donors (Lipinski definition) is 2. The maximum Gasteiger partial charge on any atom is 0.207 e. The fourth-order valence-electron chi connectivity index (χ4n) is 1.54. The van der Waals surface area contributed by atoms with E-state index in [1.807, 2.05) is 32.9 Å². The third-order valence-electron chi connectivity index (χ3n) is 2.96. The molecule has 1 amide bonds. The Balaban J connectivity index is 0.000000315. The molecule has 0 unspecified atom stereocenters. The van der Waals surface area contributed by atoms with Gasteiger partial charge < -0.3 is 15.0 Å². The third-order valence-corrected chi connectivity index (χ3v) is 2.96. The van der Waals surface area contributed by atoms with Gasteiger partial charge in [0.05, 0.1) is 17.8 Å². The van der Waals surface area contributed by atoms with Crippen LogP contribution in [0.4, 0.5) is 0 Å². The number of carbonyl (C=O) groups excluding carboxylic acids is 1. The number of rotatable bonds is 3. The summed E-state index contributed by atoms with van der Waals surface area (Å²) < 4.78 is 4.94. The molecule has 0 radical (unpaired) electrons. The van der Waals surface area contributed by atoms with Crippen LogP contribution in [0.2, 0.25) is 0 Å². The number of allylic oxidation sites excluding steroid dienone is 3. The molecule has 0 spiro atoms. The lowest BCUT2D eigenvalue weighted by Gasteiger charge is -2.14. The van der Waals surface area contributed by atoms with Gasteiger partial charge in [0.2, 0.25) is 6.41 Å². The Kier molecular flexibility index (Phi) is 6.37. The predicted molar refractivity (Wildman–Crippen MR) is 84.7 cm³/mol. The van der Waals surface area contributed by atoms with E-state index in [9.17, 15) is 4.79 Å². The van der Waals surface area contributed by atoms with Crippen LogP contribution < -0.4 is 5.32 Å². The first-order valence-electron chi connectivity index (χ1n) is 7.00. The molecule has 1 aromatic heterocycles. The first kappa shape index (κ1) is 17.2. The van der Waals surface area contributed by atoms with E-state index in [-0.39, 0.29) is 5.60 Å². The summed E-state index contributed by atoms with van der Waals surface area (Å²) in [5.41, 5.74) is 3.35. The van der Waals surface area contributed by atoms with Gasteiger partial charge in [-0.2, -0.15) is 0 Å². The molecule has 21 heavy (non-hydrogen) atoms. The number of carbonyl (C=O) groups is 1. The monoisotopic (exact) mass is 291 g/mol. The molecule has 0 saturated heterocycles. The van der Waals surface area contributed by atoms with Crippen molar-refractivity contribution in [3.05, 3.63) is 34.9 Å². The van der Waals surface area contributed by atoms with Crippen LogP contribution in [0, 0.1) is 0 Å². The molecule has 1 aliphatic rings. The molecular formula is C16H25N3O2. The van der Waals surface area contributed by atoms with Crippen LogP contribution in [0.3, 0.4) is 0 Å². The second-order valence-electron chi connectivity index (χ2n) is 5.85. The van der Waals surface area contributed by atoms with Gasteiger partial charge in [-0.05, 0) is 33.8 Å². The number of aromatic amines is 1. The van der Waals surface area contributed by atoms with Crippen molar-refractivity contribution in [3.8, 4) is 0 Å². The molecule has 116 valence electrons. The zero-order valence-electron chi connectivity index (χ0n) is 13.5. The highest BCUT2D eigenvalue weighted by atomic mass is 16.5. The van der Waals surface area contributed by atoms with Gasteiger partial charge >= 0.3 is 0 Å². The van der Waals surface area contributed by atoms with Crippen LogP contribution in [0.5, 0.6) is 0 Å². The largest absolute Gasteiger partial charge is 0.379 e. The average Bonchev–Trinajstić information content (AvgIpc) is 2.75. The minimum atomic E-state index is 0.0417. The normalized spacial score (nSPS) is 13.5. The smallest absolute Gasteiger partial charge is 0.207 e. The molecule has 2 rings (SSSR count). The maximum atomic E-state index is 10.1. The van der Waals surface area contributed by atoms with Gasteiger partial charge in [-0.25, -0.2) is 4.98 Å². The minimum absolute atomic E-state index is 0.0417. The van der Waals surface area contributed by atoms with Crippen molar-refractivity contribution < 1.29 is 9.53 Å². The average molecular weight is 291 g/mol. The molecule has 0 aromatic carbocycles. The van der Waals surface area contributed by atoms with Crippen LogP contribution in [-0.4, -0.2) is 29.1 Å². The summed E-state index contributed by atoms with van der Waals surface area (Å²) in [5, 5.41) is 2.58. The lowest BCUT2D eigenvalue weighted by molar-refractivity contribution is -0.109. The first-order valence-corrected chi connectivity index (χ1v) is 7.00. The van der Waals surface area contributed by atoms with Crippen LogP contribution >= 0.6 is 0 Å². The number of methoxy groups -OCH3 is 1. The van der Waals surface area contributed by atoms with E-state index >= 15 is 0 Å². The van der Waals surface area contributed by atoms with E-state index in [0.29, 0.717) is 13.0 Å². The van der Waals surface area contributed by atoms with Crippen molar-refractivity contribution >= 4 is 12.5 Å². The van der Waals surface area contributed by atoms with Crippen molar-refractivity contribution in [2.24, 2.45) is 0 Å². The number of aromatic nitrogens is 2. The number of fused-ring (bicyclic) bond motifs is 1. The summed E-state index contributed by atoms with van der Waals surface area (Å²) in [7, 11) is 1.71. The van der Waals surface area contributed by atoms with Crippen LogP contribution in [0.15, 0.2) is 17.7 Å². The quantitative estimate of drug-likeness (QED) is 0.841. The van der Waals surface area contributed by atoms with Crippen molar-refractivity contribution in [3.63, 3.8) is 0 Å². The molecule has 1 aromatic rings. The van der Waals surface area contributed by atoms with E-state index in [1.165, 1.54) is 5.57 Å². The van der Waals surface area contributed by atoms with Crippen molar-refractivity contribution in [1.82, 2.24) is 15.3 Å². The Morgan fingerprint density at radius 3 is 2.67 bits per heavy atom. The Bertz CT molecular complexity index is 522. The Morgan fingerprint density at radius 2 is 2.10 bits per heavy atom. The van der Waals surface area contributed by atoms with Crippen LogP contribution in [0.1, 0.15) is 44.9 Å². The van der Waals surface area contributed by atoms with Gasteiger partial charge in [0.15, 0.2) is 0 Å². The fourth-order valence-corrected chi connectivity index (χ4v) is 1.54. The SMILES string of the molecule is CC1=CCc2[nH]c(CNC=O)nc2C=C1.COC(C)(C)C. The number of imidazole rings is 1. The second-order valence-corrected chi connectivity index (χ2v) is 5.85. The highest BCUT2D eigenvalue weighted by Crippen LogP contribution is 2.15. The number of H-pyrrole nitrogens is 1. The van der Waals surface area contributed by atoms with Crippen molar-refractivity contribution in [2.45, 2.75) is 46.3 Å². The van der Waals surface area contributed by atoms with Gasteiger partial charge in [-0.1, -0.05) is 17.7 Å². The zero-order valence-corrected chi connectivity index (χ0v) is 13.5. The lowest BCUT2D eigenvalue weighted by atomic mass is 10.2. The highest BCUT2D eigenvalue weighted by Gasteiger charge is 2.08. The summed E-state index contributed by atoms with van der Waals surface area (Å²) in [5.74, 6) is 0.796. The topological polar surface area (TPSA) is 67.0 Å². The van der Waals surface area contributed by atoms with Crippen LogP contribution in [-0.2, 0) is 22.5 Å². The maximum absolute atomic E-state index is 10.1. The van der Waals surface area contributed by atoms with E-state index in [2.05, 4.69) is 28.3 Å². The number of nitrogens with one attached hydrogen (secondary N) is 2. The summed E-state index contributed by atoms with van der Waals surface area (Å²) in [6.07, 6.45) is 7.73. The molecule has 1 aliphatic carbocycles. The highest BCUT2D eigenvalue weighted by molar-refractivity contribution is 5.54. The molecule has 0 aliphatic heterocycles. The zero-order chi connectivity index (χ0) is 15.9. The molecule has 2 N–H and O–H groups in total. The first-order chi connectivity index (χ1) is 9.85. The van der Waals surface area contributed by atoms with Gasteiger partial charge in [-0.15, -0.1) is 0 Å². The predicted octanol–water partition coefficient (Wildman–Crippen LogP) is 2.60. The summed E-state index contributed by atoms with van der Waals surface area (Å²) in [4.78, 5) is 17.7. The molecule has 1 heterocycles. The van der Waals surface area contributed by atoms with E-state index < -0.39 is 0 Å². The Morgan fingerprint density at radius 1 is 1.43 bits per heavy atom. The summed E-state index contributed by atoms with van der Waals surface area (Å²) in [6, 6.07) is 0. The Hall–Kier alpha value is -1.88. The lowest BCUT2D eigenvalue weighted by Crippen LogP contribution is -2.15. The van der Waals surface area contributed by atoms with Gasteiger partial charge in [-0.3, -0.25) is 4.79 Å². The third kappa shape index (κ3) is 6.40. The second kappa shape index (κ2) is 7.78. The summed E-state index contributed by atoms with van der Waals surface area (Å²) >= 11 is 0. The standard InChI is InChI=1S/C11H13N3O.C5H12O/c1-8-2-4-9-10(5-3-8)14-11(13-9)6-12-7-15;1-5(2,3)6-4/h2-4,7H,5-6H2,1H3,(H,12,15)(H,13,14);1-4H3. The van der Waals surface area contributed by atoms with Gasteiger partial charge in [0.25, 0.3) is 0 Å². The molecule has 0 bridgehead atoms. The molecule has 0 saturated carbocycles. The molecular weight excluding hydrogens is 266 g/mol. The summed E-state index contributed by atoms with van der Waals surface area (Å²) in [6.45, 7) is 8.58. The van der Waals surface area contributed by atoms with E-state index in [0.717, 1.165) is 23.6 Å². The number of nitrogens with zero attached hydrogens (tertiary/aromatic N) is 1. The van der Waals surface area contributed by atoms with Crippen LogP contribution in [0.25, 0.3) is 6.08 Å². The van der Waals surface area contributed by atoms with Gasteiger partial charge in [0, 0.05) is 19.2 Å². The Labute approximate surface area is 126 Å². The van der Waals surface area contributed by atoms with Crippen molar-refractivity contribution in [2.75, 3.05) is 7.11 Å². The molecule has 5 nitrogen and oxygen atoms in total. The van der Waals surface area contributed by atoms with E-state index in [4.69, 9.17) is 4.74 Å².